The topological polar surface area (TPSA) is 100 Å². The molecule has 0 saturated carbocycles. The van der Waals surface area contributed by atoms with Crippen molar-refractivity contribution < 1.29 is 14.4 Å². The van der Waals surface area contributed by atoms with Gasteiger partial charge in [0, 0.05) is 23.7 Å². The van der Waals surface area contributed by atoms with Crippen molar-refractivity contribution in [3.8, 4) is 0 Å². The van der Waals surface area contributed by atoms with Gasteiger partial charge < -0.3 is 16.0 Å². The molecule has 0 aliphatic heterocycles. The smallest absolute Gasteiger partial charge is 0.253 e. The third kappa shape index (κ3) is 8.19. The fourth-order valence-corrected chi connectivity index (χ4v) is 3.35. The van der Waals surface area contributed by atoms with Crippen LogP contribution in [0.25, 0.3) is 0 Å². The number of anilines is 1. The number of hydrogen-bond acceptors (Lipinski definition) is 4. The molecule has 0 aliphatic carbocycles. The Kier molecular flexibility index (Phi) is 9.27. The monoisotopic (exact) mass is 464 g/mol. The Morgan fingerprint density at radius 3 is 2.48 bits per heavy atom. The lowest BCUT2D eigenvalue weighted by Crippen LogP contribution is -2.48. The molecule has 3 amide bonds. The van der Waals surface area contributed by atoms with Crippen LogP contribution in [0.2, 0.25) is 10.0 Å². The molecule has 0 fully saturated rings. The summed E-state index contributed by atoms with van der Waals surface area (Å²) in [7, 11) is 0. The molecular weight excluding hydrogens is 439 g/mol. The second kappa shape index (κ2) is 11.7. The average molecular weight is 465 g/mol. The Labute approximate surface area is 191 Å². The Morgan fingerprint density at radius 1 is 1.10 bits per heavy atom. The number of rotatable bonds is 9. The fourth-order valence-electron chi connectivity index (χ4n) is 2.85. The third-order valence-electron chi connectivity index (χ3n) is 4.31. The van der Waals surface area contributed by atoms with Gasteiger partial charge in [-0.3, -0.25) is 14.4 Å². The minimum absolute atomic E-state index is 0.0761. The summed E-state index contributed by atoms with van der Waals surface area (Å²) in [5.41, 5.74) is 1.02. The zero-order chi connectivity index (χ0) is 23.0. The zero-order valence-electron chi connectivity index (χ0n) is 17.7. The van der Waals surface area contributed by atoms with Crippen molar-refractivity contribution in [2.24, 2.45) is 5.92 Å². The van der Waals surface area contributed by atoms with Gasteiger partial charge >= 0.3 is 0 Å². The molecule has 1 heterocycles. The van der Waals surface area contributed by atoms with E-state index in [-0.39, 0.29) is 41.3 Å². The second-order valence-corrected chi connectivity index (χ2v) is 8.38. The van der Waals surface area contributed by atoms with Crippen molar-refractivity contribution in [1.29, 1.82) is 0 Å². The molecule has 2 rings (SSSR count). The van der Waals surface area contributed by atoms with Gasteiger partial charge in [0.15, 0.2) is 0 Å². The van der Waals surface area contributed by atoms with Gasteiger partial charge in [0.25, 0.3) is 5.91 Å². The molecule has 0 saturated heterocycles. The van der Waals surface area contributed by atoms with Gasteiger partial charge in [-0.25, -0.2) is 4.98 Å². The van der Waals surface area contributed by atoms with E-state index < -0.39 is 11.9 Å². The quantitative estimate of drug-likeness (QED) is 0.522. The minimum Gasteiger partial charge on any atom is -0.354 e. The molecule has 0 aliphatic rings. The van der Waals surface area contributed by atoms with E-state index in [1.807, 2.05) is 26.8 Å². The Hall–Kier alpha value is -2.64. The fraction of sp³-hybridized carbons (Fsp3) is 0.364. The predicted octanol–water partition coefficient (Wildman–Crippen LogP) is 3.99. The summed E-state index contributed by atoms with van der Waals surface area (Å²) in [5.74, 6) is -0.483. The van der Waals surface area contributed by atoms with Crippen LogP contribution in [0.3, 0.4) is 0 Å². The van der Waals surface area contributed by atoms with Crippen LogP contribution in [-0.4, -0.2) is 35.3 Å². The predicted molar refractivity (Wildman–Crippen MR) is 122 cm³/mol. The van der Waals surface area contributed by atoms with Gasteiger partial charge in [0.05, 0.1) is 10.6 Å². The van der Waals surface area contributed by atoms with E-state index in [0.29, 0.717) is 17.3 Å². The summed E-state index contributed by atoms with van der Waals surface area (Å²) in [6, 6.07) is 9.09. The highest BCUT2D eigenvalue weighted by atomic mass is 35.5. The number of carbonyl (C=O) groups is 3. The summed E-state index contributed by atoms with van der Waals surface area (Å²) in [6.45, 7) is 5.85. The minimum atomic E-state index is -0.763. The lowest BCUT2D eigenvalue weighted by Gasteiger charge is -2.20. The van der Waals surface area contributed by atoms with E-state index in [1.54, 1.807) is 18.2 Å². The van der Waals surface area contributed by atoms with Crippen molar-refractivity contribution in [3.05, 3.63) is 57.7 Å². The molecule has 1 unspecified atom stereocenters. The maximum Gasteiger partial charge on any atom is 0.253 e. The van der Waals surface area contributed by atoms with Crippen LogP contribution in [-0.2, 0) is 9.59 Å². The van der Waals surface area contributed by atoms with E-state index in [0.717, 1.165) is 5.69 Å². The van der Waals surface area contributed by atoms with Crippen LogP contribution in [0.4, 0.5) is 5.82 Å². The largest absolute Gasteiger partial charge is 0.354 e. The molecule has 1 aromatic heterocycles. The van der Waals surface area contributed by atoms with E-state index in [4.69, 9.17) is 23.2 Å². The molecule has 7 nitrogen and oxygen atoms in total. The standard InChI is InChI=1S/C22H26Cl2N4O3/c1-13(2)11-18(27-21(30)16-8-7-15(23)12-17(16)24)22(31)25-10-9-20(29)28-19-6-4-5-14(3)26-19/h4-8,12-13,18H,9-11H2,1-3H3,(H,25,31)(H,27,30)(H,26,28,29). The summed E-state index contributed by atoms with van der Waals surface area (Å²) < 4.78 is 0. The molecule has 0 spiro atoms. The Balaban J connectivity index is 1.91. The summed E-state index contributed by atoms with van der Waals surface area (Å²) in [5, 5.41) is 8.73. The Bertz CT molecular complexity index is 950. The highest BCUT2D eigenvalue weighted by Crippen LogP contribution is 2.21. The molecule has 166 valence electrons. The van der Waals surface area contributed by atoms with Crippen LogP contribution in [0.5, 0.6) is 0 Å². The molecule has 3 N–H and O–H groups in total. The van der Waals surface area contributed by atoms with Crippen molar-refractivity contribution >= 4 is 46.7 Å². The first-order chi connectivity index (χ1) is 14.7. The van der Waals surface area contributed by atoms with Crippen molar-refractivity contribution in [3.63, 3.8) is 0 Å². The van der Waals surface area contributed by atoms with Crippen LogP contribution in [0, 0.1) is 12.8 Å². The lowest BCUT2D eigenvalue weighted by molar-refractivity contribution is -0.123. The van der Waals surface area contributed by atoms with Crippen molar-refractivity contribution in [1.82, 2.24) is 15.6 Å². The first-order valence-corrected chi connectivity index (χ1v) is 10.7. The number of aromatic nitrogens is 1. The van der Waals surface area contributed by atoms with Gasteiger partial charge in [-0.2, -0.15) is 0 Å². The lowest BCUT2D eigenvalue weighted by atomic mass is 10.0. The van der Waals surface area contributed by atoms with Gasteiger partial charge in [0.2, 0.25) is 11.8 Å². The maximum atomic E-state index is 12.6. The molecular formula is C22H26Cl2N4O3. The molecule has 0 radical (unpaired) electrons. The molecule has 0 bridgehead atoms. The number of nitrogens with one attached hydrogen (secondary N) is 3. The first kappa shape index (κ1) is 24.6. The number of nitrogens with zero attached hydrogens (tertiary/aromatic N) is 1. The van der Waals surface area contributed by atoms with Crippen molar-refractivity contribution in [2.75, 3.05) is 11.9 Å². The number of aryl methyl sites for hydroxylation is 1. The van der Waals surface area contributed by atoms with Crippen LogP contribution in [0.15, 0.2) is 36.4 Å². The van der Waals surface area contributed by atoms with Gasteiger partial charge in [-0.15, -0.1) is 0 Å². The highest BCUT2D eigenvalue weighted by Gasteiger charge is 2.23. The van der Waals surface area contributed by atoms with E-state index in [9.17, 15) is 14.4 Å². The second-order valence-electron chi connectivity index (χ2n) is 7.53. The number of amides is 3. The van der Waals surface area contributed by atoms with E-state index >= 15 is 0 Å². The van der Waals surface area contributed by atoms with Gasteiger partial charge in [-0.1, -0.05) is 43.1 Å². The number of benzene rings is 1. The molecule has 1 aromatic carbocycles. The van der Waals surface area contributed by atoms with E-state index in [2.05, 4.69) is 20.9 Å². The van der Waals surface area contributed by atoms with Gasteiger partial charge in [-0.05, 0) is 49.6 Å². The number of carbonyl (C=O) groups excluding carboxylic acids is 3. The van der Waals surface area contributed by atoms with Crippen LogP contribution >= 0.6 is 23.2 Å². The highest BCUT2D eigenvalue weighted by molar-refractivity contribution is 6.36. The average Bonchev–Trinajstić information content (AvgIpc) is 2.66. The van der Waals surface area contributed by atoms with Crippen molar-refractivity contribution in [2.45, 2.75) is 39.7 Å². The summed E-state index contributed by atoms with van der Waals surface area (Å²) in [6.07, 6.45) is 0.509. The molecule has 1 atom stereocenters. The third-order valence-corrected chi connectivity index (χ3v) is 4.86. The number of hydrogen-bond donors (Lipinski definition) is 3. The normalized spacial score (nSPS) is 11.7. The SMILES string of the molecule is Cc1cccc(NC(=O)CCNC(=O)C(CC(C)C)NC(=O)c2ccc(Cl)cc2Cl)n1. The van der Waals surface area contributed by atoms with Crippen LogP contribution in [0.1, 0.15) is 42.7 Å². The summed E-state index contributed by atoms with van der Waals surface area (Å²) >= 11 is 12.0. The maximum absolute atomic E-state index is 12.6. The van der Waals surface area contributed by atoms with Crippen LogP contribution < -0.4 is 16.0 Å². The van der Waals surface area contributed by atoms with Gasteiger partial charge in [0.1, 0.15) is 11.9 Å². The Morgan fingerprint density at radius 2 is 1.84 bits per heavy atom. The zero-order valence-corrected chi connectivity index (χ0v) is 19.2. The van der Waals surface area contributed by atoms with E-state index in [1.165, 1.54) is 12.1 Å². The first-order valence-electron chi connectivity index (χ1n) is 9.93. The molecule has 9 heteroatoms. The molecule has 2 aromatic rings. The summed E-state index contributed by atoms with van der Waals surface area (Å²) in [4.78, 5) is 41.5. The number of halogens is 2. The molecule has 31 heavy (non-hydrogen) atoms. The number of pyridine rings is 1.